The third kappa shape index (κ3) is 3.86. The van der Waals surface area contributed by atoms with Crippen molar-refractivity contribution in [3.05, 3.63) is 63.2 Å². The molecule has 1 N–H and O–H groups in total. The monoisotopic (exact) mass is 305 g/mol. The van der Waals surface area contributed by atoms with E-state index in [4.69, 9.17) is 11.6 Å². The molecule has 0 aliphatic carbocycles. The molecule has 0 aliphatic heterocycles. The molecule has 0 bridgehead atoms. The highest BCUT2D eigenvalue weighted by Gasteiger charge is 2.13. The van der Waals surface area contributed by atoms with Crippen LogP contribution in [0.25, 0.3) is 0 Å². The number of nitro groups is 1. The van der Waals surface area contributed by atoms with E-state index in [9.17, 15) is 10.1 Å². The lowest BCUT2D eigenvalue weighted by atomic mass is 10.1. The second kappa shape index (κ2) is 6.45. The number of anilines is 2. The zero-order chi connectivity index (χ0) is 15.4. The fourth-order valence-corrected chi connectivity index (χ4v) is 2.16. The number of nitrogens with zero attached hydrogens (tertiary/aromatic N) is 2. The summed E-state index contributed by atoms with van der Waals surface area (Å²) in [7, 11) is 3.92. The maximum Gasteiger partial charge on any atom is 0.274 e. The number of halogens is 1. The Morgan fingerprint density at radius 3 is 2.67 bits per heavy atom. The first-order valence-corrected chi connectivity index (χ1v) is 6.79. The van der Waals surface area contributed by atoms with Crippen molar-refractivity contribution in [3.8, 4) is 0 Å². The average molecular weight is 306 g/mol. The van der Waals surface area contributed by atoms with Crippen molar-refractivity contribution in [2.75, 3.05) is 24.3 Å². The third-order valence-corrected chi connectivity index (χ3v) is 3.32. The van der Waals surface area contributed by atoms with Gasteiger partial charge < -0.3 is 10.2 Å². The van der Waals surface area contributed by atoms with Gasteiger partial charge in [-0.3, -0.25) is 10.1 Å². The van der Waals surface area contributed by atoms with Gasteiger partial charge in [0.1, 0.15) is 0 Å². The Labute approximate surface area is 128 Å². The zero-order valence-corrected chi connectivity index (χ0v) is 12.6. The van der Waals surface area contributed by atoms with Crippen LogP contribution in [0.15, 0.2) is 42.5 Å². The number of rotatable bonds is 5. The summed E-state index contributed by atoms with van der Waals surface area (Å²) < 4.78 is 0. The maximum absolute atomic E-state index is 11.0. The van der Waals surface area contributed by atoms with Gasteiger partial charge in [-0.05, 0) is 30.3 Å². The zero-order valence-electron chi connectivity index (χ0n) is 11.8. The molecule has 0 amide bonds. The van der Waals surface area contributed by atoms with Crippen molar-refractivity contribution in [1.29, 1.82) is 0 Å². The SMILES string of the molecule is CN(C)c1cccc(NCc2cc(Cl)ccc2[N+](=O)[O-])c1. The Hall–Kier alpha value is -2.27. The van der Waals surface area contributed by atoms with Crippen molar-refractivity contribution in [3.63, 3.8) is 0 Å². The van der Waals surface area contributed by atoms with Crippen LogP contribution in [0.2, 0.25) is 5.02 Å². The molecule has 0 aromatic heterocycles. The number of hydrogen-bond acceptors (Lipinski definition) is 4. The van der Waals surface area contributed by atoms with Crippen LogP contribution >= 0.6 is 11.6 Å². The predicted octanol–water partition coefficient (Wildman–Crippen LogP) is 3.93. The van der Waals surface area contributed by atoms with Gasteiger partial charge >= 0.3 is 0 Å². The van der Waals surface area contributed by atoms with Crippen LogP contribution in [0.4, 0.5) is 17.1 Å². The number of nitro benzene ring substituents is 1. The predicted molar refractivity (Wildman–Crippen MR) is 86.2 cm³/mol. The summed E-state index contributed by atoms with van der Waals surface area (Å²) in [6, 6.07) is 12.4. The minimum atomic E-state index is -0.399. The summed E-state index contributed by atoms with van der Waals surface area (Å²) in [5.41, 5.74) is 2.58. The molecule has 2 rings (SSSR count). The van der Waals surface area contributed by atoms with E-state index in [0.29, 0.717) is 17.1 Å². The molecular formula is C15H16ClN3O2. The smallest absolute Gasteiger partial charge is 0.274 e. The molecule has 0 heterocycles. The Balaban J connectivity index is 2.18. The first-order valence-electron chi connectivity index (χ1n) is 6.41. The largest absolute Gasteiger partial charge is 0.381 e. The van der Waals surface area contributed by atoms with Crippen LogP contribution in [0.1, 0.15) is 5.56 Å². The van der Waals surface area contributed by atoms with E-state index in [0.717, 1.165) is 11.4 Å². The van der Waals surface area contributed by atoms with E-state index < -0.39 is 4.92 Å². The number of hydrogen-bond donors (Lipinski definition) is 1. The second-order valence-corrected chi connectivity index (χ2v) is 5.26. The molecule has 21 heavy (non-hydrogen) atoms. The molecule has 0 atom stereocenters. The van der Waals surface area contributed by atoms with Crippen LogP contribution in [0, 0.1) is 10.1 Å². The summed E-state index contributed by atoms with van der Waals surface area (Å²) in [5, 5.41) is 14.7. The van der Waals surface area contributed by atoms with Crippen molar-refractivity contribution in [1.82, 2.24) is 0 Å². The van der Waals surface area contributed by atoms with Gasteiger partial charge in [-0.25, -0.2) is 0 Å². The molecule has 6 heteroatoms. The van der Waals surface area contributed by atoms with Crippen molar-refractivity contribution >= 4 is 28.7 Å². The Bertz CT molecular complexity index is 659. The number of nitrogens with one attached hydrogen (secondary N) is 1. The van der Waals surface area contributed by atoms with Gasteiger partial charge in [-0.15, -0.1) is 0 Å². The molecule has 0 saturated carbocycles. The van der Waals surface area contributed by atoms with Gasteiger partial charge in [0, 0.05) is 43.1 Å². The highest BCUT2D eigenvalue weighted by molar-refractivity contribution is 6.30. The van der Waals surface area contributed by atoms with E-state index in [1.807, 2.05) is 43.3 Å². The highest BCUT2D eigenvalue weighted by Crippen LogP contribution is 2.24. The molecule has 0 unspecified atom stereocenters. The first kappa shape index (κ1) is 15.1. The summed E-state index contributed by atoms with van der Waals surface area (Å²) in [4.78, 5) is 12.6. The average Bonchev–Trinajstić information content (AvgIpc) is 2.45. The summed E-state index contributed by atoms with van der Waals surface area (Å²) in [6.07, 6.45) is 0. The van der Waals surface area contributed by atoms with Crippen LogP contribution in [0.3, 0.4) is 0 Å². The third-order valence-electron chi connectivity index (χ3n) is 3.08. The van der Waals surface area contributed by atoms with Gasteiger partial charge in [-0.2, -0.15) is 0 Å². The van der Waals surface area contributed by atoms with Crippen LogP contribution < -0.4 is 10.2 Å². The number of benzene rings is 2. The lowest BCUT2D eigenvalue weighted by molar-refractivity contribution is -0.385. The van der Waals surface area contributed by atoms with Crippen molar-refractivity contribution in [2.45, 2.75) is 6.54 Å². The topological polar surface area (TPSA) is 58.4 Å². The van der Waals surface area contributed by atoms with Gasteiger partial charge in [0.2, 0.25) is 0 Å². The van der Waals surface area contributed by atoms with Gasteiger partial charge in [-0.1, -0.05) is 17.7 Å². The molecule has 0 aliphatic rings. The van der Waals surface area contributed by atoms with Gasteiger partial charge in [0.05, 0.1) is 10.5 Å². The van der Waals surface area contributed by atoms with E-state index >= 15 is 0 Å². The molecule has 5 nitrogen and oxygen atoms in total. The normalized spacial score (nSPS) is 10.2. The molecule has 110 valence electrons. The van der Waals surface area contributed by atoms with E-state index in [2.05, 4.69) is 5.32 Å². The molecule has 2 aromatic carbocycles. The molecular weight excluding hydrogens is 290 g/mol. The van der Waals surface area contributed by atoms with E-state index in [1.54, 1.807) is 6.07 Å². The maximum atomic E-state index is 11.0. The van der Waals surface area contributed by atoms with Gasteiger partial charge in [0.25, 0.3) is 5.69 Å². The minimum absolute atomic E-state index is 0.0654. The Kier molecular flexibility index (Phi) is 4.65. The molecule has 0 spiro atoms. The summed E-state index contributed by atoms with van der Waals surface area (Å²) in [6.45, 7) is 0.341. The first-order chi connectivity index (χ1) is 9.97. The van der Waals surface area contributed by atoms with Crippen molar-refractivity contribution < 1.29 is 4.92 Å². The van der Waals surface area contributed by atoms with Gasteiger partial charge in [0.15, 0.2) is 0 Å². The fourth-order valence-electron chi connectivity index (χ4n) is 1.97. The van der Waals surface area contributed by atoms with Crippen molar-refractivity contribution in [2.24, 2.45) is 0 Å². The van der Waals surface area contributed by atoms with Crippen LogP contribution in [-0.4, -0.2) is 19.0 Å². The standard InChI is InChI=1S/C15H16ClN3O2/c1-18(2)14-5-3-4-13(9-14)17-10-11-8-12(16)6-7-15(11)19(20)21/h3-9,17H,10H2,1-2H3. The lowest BCUT2D eigenvalue weighted by Gasteiger charge is -2.14. The quantitative estimate of drug-likeness (QED) is 0.672. The summed E-state index contributed by atoms with van der Waals surface area (Å²) >= 11 is 5.91. The molecule has 2 aromatic rings. The van der Waals surface area contributed by atoms with E-state index in [-0.39, 0.29) is 5.69 Å². The van der Waals surface area contributed by atoms with Crippen LogP contribution in [-0.2, 0) is 6.54 Å². The lowest BCUT2D eigenvalue weighted by Crippen LogP contribution is -2.09. The minimum Gasteiger partial charge on any atom is -0.381 e. The van der Waals surface area contributed by atoms with Crippen LogP contribution in [0.5, 0.6) is 0 Å². The Morgan fingerprint density at radius 1 is 1.24 bits per heavy atom. The fraction of sp³-hybridized carbons (Fsp3) is 0.200. The Morgan fingerprint density at radius 2 is 2.00 bits per heavy atom. The molecule has 0 radical (unpaired) electrons. The molecule has 0 fully saturated rings. The highest BCUT2D eigenvalue weighted by atomic mass is 35.5. The van der Waals surface area contributed by atoms with E-state index in [1.165, 1.54) is 12.1 Å². The second-order valence-electron chi connectivity index (χ2n) is 4.83. The molecule has 0 saturated heterocycles. The summed E-state index contributed by atoms with van der Waals surface area (Å²) in [5.74, 6) is 0.